The SMILES string of the molecule is COc1cc([N+](=O)[O-])c([AsH2])cc1Cl. The van der Waals surface area contributed by atoms with Crippen molar-refractivity contribution in [2.24, 2.45) is 0 Å². The van der Waals surface area contributed by atoms with Crippen molar-refractivity contribution in [3.05, 3.63) is 27.3 Å². The van der Waals surface area contributed by atoms with Crippen molar-refractivity contribution >= 4 is 38.5 Å². The van der Waals surface area contributed by atoms with E-state index in [0.717, 1.165) is 16.9 Å². The Kier molecular flexibility index (Phi) is 3.17. The van der Waals surface area contributed by atoms with Gasteiger partial charge in [0.25, 0.3) is 0 Å². The van der Waals surface area contributed by atoms with Gasteiger partial charge in [0.05, 0.1) is 0 Å². The second-order valence-corrected chi connectivity index (χ2v) is 4.01. The van der Waals surface area contributed by atoms with Gasteiger partial charge in [0.2, 0.25) is 0 Å². The molecule has 0 bridgehead atoms. The van der Waals surface area contributed by atoms with Gasteiger partial charge < -0.3 is 0 Å². The zero-order valence-electron chi connectivity index (χ0n) is 6.78. The number of halogens is 1. The second-order valence-electron chi connectivity index (χ2n) is 2.30. The van der Waals surface area contributed by atoms with Crippen LogP contribution in [-0.2, 0) is 0 Å². The van der Waals surface area contributed by atoms with E-state index in [-0.39, 0.29) is 5.69 Å². The summed E-state index contributed by atoms with van der Waals surface area (Å²) in [7, 11) is 1.42. The molecular formula is C7H7AsClNO3. The minimum absolute atomic E-state index is 0.0428. The Labute approximate surface area is 88.5 Å². The van der Waals surface area contributed by atoms with Crippen LogP contribution in [-0.4, -0.2) is 28.9 Å². The quantitative estimate of drug-likeness (QED) is 0.444. The molecule has 1 rings (SSSR count). The van der Waals surface area contributed by atoms with E-state index < -0.39 is 4.92 Å². The molecule has 0 heterocycles. The molecule has 1 aromatic carbocycles. The summed E-state index contributed by atoms with van der Waals surface area (Å²) in [6.45, 7) is 0. The monoisotopic (exact) mass is 263 g/mol. The molecule has 0 aliphatic rings. The first-order valence-corrected chi connectivity index (χ1v) is 4.92. The molecule has 13 heavy (non-hydrogen) atoms. The fourth-order valence-electron chi connectivity index (χ4n) is 0.873. The number of hydrogen-bond acceptors (Lipinski definition) is 3. The maximum absolute atomic E-state index is 10.5. The van der Waals surface area contributed by atoms with Crippen LogP contribution in [0.5, 0.6) is 5.75 Å². The van der Waals surface area contributed by atoms with E-state index in [4.69, 9.17) is 16.3 Å². The van der Waals surface area contributed by atoms with Gasteiger partial charge in [-0.25, -0.2) is 0 Å². The zero-order valence-corrected chi connectivity index (χ0v) is 9.96. The van der Waals surface area contributed by atoms with Crippen molar-refractivity contribution in [2.75, 3.05) is 7.11 Å². The van der Waals surface area contributed by atoms with Crippen molar-refractivity contribution in [2.45, 2.75) is 0 Å². The van der Waals surface area contributed by atoms with E-state index in [2.05, 4.69) is 0 Å². The van der Waals surface area contributed by atoms with E-state index in [1.165, 1.54) is 13.2 Å². The summed E-state index contributed by atoms with van der Waals surface area (Å²) in [4.78, 5) is 10.1. The van der Waals surface area contributed by atoms with E-state index >= 15 is 0 Å². The number of rotatable bonds is 2. The van der Waals surface area contributed by atoms with E-state index in [0.29, 0.717) is 15.1 Å². The number of benzene rings is 1. The van der Waals surface area contributed by atoms with Gasteiger partial charge in [0.15, 0.2) is 0 Å². The standard InChI is InChI=1S/C7H7AsClNO3/c1-13-7-3-6(10(11)12)4(8)2-5(7)9/h2-3H,8H2,1H3. The molecule has 0 fully saturated rings. The second kappa shape index (κ2) is 3.98. The molecule has 70 valence electrons. The molecule has 0 saturated heterocycles. The summed E-state index contributed by atoms with van der Waals surface area (Å²) < 4.78 is 5.45. The van der Waals surface area contributed by atoms with Crippen molar-refractivity contribution in [1.82, 2.24) is 0 Å². The van der Waals surface area contributed by atoms with Gasteiger partial charge in [-0.15, -0.1) is 0 Å². The first-order valence-electron chi connectivity index (χ1n) is 3.33. The van der Waals surface area contributed by atoms with Gasteiger partial charge in [0.1, 0.15) is 0 Å². The molecule has 0 spiro atoms. The minimum atomic E-state index is -0.448. The average Bonchev–Trinajstić information content (AvgIpc) is 2.03. The fraction of sp³-hybridized carbons (Fsp3) is 0.143. The van der Waals surface area contributed by atoms with Crippen LogP contribution >= 0.6 is 11.6 Å². The molecule has 0 aliphatic heterocycles. The Morgan fingerprint density at radius 3 is 2.69 bits per heavy atom. The van der Waals surface area contributed by atoms with E-state index in [1.807, 2.05) is 0 Å². The molecule has 0 aliphatic carbocycles. The number of methoxy groups -OCH3 is 1. The molecule has 1 aromatic rings. The van der Waals surface area contributed by atoms with Crippen LogP contribution in [0.4, 0.5) is 5.69 Å². The van der Waals surface area contributed by atoms with Crippen LogP contribution in [0.15, 0.2) is 12.1 Å². The summed E-state index contributed by atoms with van der Waals surface area (Å²) in [5.74, 6) is 0.328. The third kappa shape index (κ3) is 2.14. The normalized spacial score (nSPS) is 9.77. The molecule has 0 radical (unpaired) electrons. The molecule has 0 amide bonds. The predicted octanol–water partition coefficient (Wildman–Crippen LogP) is 0.515. The molecule has 0 N–H and O–H groups in total. The van der Waals surface area contributed by atoms with Gasteiger partial charge in [-0.2, -0.15) is 0 Å². The molecule has 1 atom stereocenters. The Morgan fingerprint density at radius 1 is 1.62 bits per heavy atom. The van der Waals surface area contributed by atoms with Gasteiger partial charge in [-0.3, -0.25) is 0 Å². The van der Waals surface area contributed by atoms with Gasteiger partial charge in [-0.1, -0.05) is 0 Å². The van der Waals surface area contributed by atoms with Crippen molar-refractivity contribution in [3.63, 3.8) is 0 Å². The summed E-state index contributed by atoms with van der Waals surface area (Å²) in [5.41, 5.74) is 0.0428. The number of nitro benzene ring substituents is 1. The number of ether oxygens (including phenoxy) is 1. The molecule has 4 nitrogen and oxygen atoms in total. The van der Waals surface area contributed by atoms with Crippen LogP contribution < -0.4 is 9.09 Å². The summed E-state index contributed by atoms with van der Waals surface area (Å²) in [5, 5.41) is 10.9. The van der Waals surface area contributed by atoms with E-state index in [9.17, 15) is 10.1 Å². The molecular weight excluding hydrogens is 256 g/mol. The zero-order chi connectivity index (χ0) is 10.0. The molecule has 0 saturated carbocycles. The number of hydrogen-bond donors (Lipinski definition) is 0. The van der Waals surface area contributed by atoms with Crippen LogP contribution in [0.25, 0.3) is 0 Å². The van der Waals surface area contributed by atoms with Crippen LogP contribution in [0, 0.1) is 10.1 Å². The summed E-state index contributed by atoms with van der Waals surface area (Å²) in [6.07, 6.45) is 0. The molecule has 6 heteroatoms. The Bertz CT molecular complexity index is 356. The van der Waals surface area contributed by atoms with Gasteiger partial charge in [-0.05, 0) is 0 Å². The van der Waals surface area contributed by atoms with Crippen molar-refractivity contribution in [1.29, 1.82) is 0 Å². The summed E-state index contributed by atoms with van der Waals surface area (Å²) >= 11 is 6.93. The topological polar surface area (TPSA) is 52.4 Å². The third-order valence-electron chi connectivity index (χ3n) is 1.50. The van der Waals surface area contributed by atoms with Crippen LogP contribution in [0.1, 0.15) is 0 Å². The van der Waals surface area contributed by atoms with Crippen LogP contribution in [0.2, 0.25) is 5.02 Å². The number of nitrogens with zero attached hydrogens (tertiary/aromatic N) is 1. The average molecular weight is 264 g/mol. The molecule has 1 unspecified atom stereocenters. The third-order valence-corrected chi connectivity index (χ3v) is 2.76. The van der Waals surface area contributed by atoms with Gasteiger partial charge >= 0.3 is 88.3 Å². The Balaban J connectivity index is 3.30. The number of nitro groups is 1. The maximum atomic E-state index is 10.5. The van der Waals surface area contributed by atoms with E-state index in [1.54, 1.807) is 6.07 Å². The van der Waals surface area contributed by atoms with Crippen molar-refractivity contribution in [3.8, 4) is 5.75 Å². The fourth-order valence-corrected chi connectivity index (χ4v) is 2.09. The van der Waals surface area contributed by atoms with Crippen molar-refractivity contribution < 1.29 is 9.66 Å². The first-order chi connectivity index (χ1) is 6.06. The Hall–Kier alpha value is -0.732. The first kappa shape index (κ1) is 10.3. The predicted molar refractivity (Wildman–Crippen MR) is 52.8 cm³/mol. The van der Waals surface area contributed by atoms with Crippen LogP contribution in [0.3, 0.4) is 0 Å². The Morgan fingerprint density at radius 2 is 2.23 bits per heavy atom. The molecule has 0 aromatic heterocycles. The van der Waals surface area contributed by atoms with Gasteiger partial charge in [0, 0.05) is 0 Å². The summed E-state index contributed by atoms with van der Waals surface area (Å²) in [6, 6.07) is 2.87.